The first-order chi connectivity index (χ1) is 5.09. The monoisotopic (exact) mass is 159 g/mol. The van der Waals surface area contributed by atoms with Crippen LogP contribution in [0.2, 0.25) is 0 Å². The first-order valence-corrected chi connectivity index (χ1v) is 2.89. The van der Waals surface area contributed by atoms with Gasteiger partial charge in [0.05, 0.1) is 6.26 Å². The second-order valence-corrected chi connectivity index (χ2v) is 1.63. The highest BCUT2D eigenvalue weighted by Crippen LogP contribution is 1.82. The van der Waals surface area contributed by atoms with E-state index in [0.717, 1.165) is 6.26 Å². The quantitative estimate of drug-likeness (QED) is 0.308. The minimum Gasteiger partial charge on any atom is -0.516 e. The molecule has 0 saturated heterocycles. The molecule has 0 aromatic heterocycles. The molecule has 0 heterocycles. The van der Waals surface area contributed by atoms with Gasteiger partial charge in [-0.15, -0.1) is 0 Å². The number of hydrogen-bond donors (Lipinski definition) is 3. The number of hydrogen-bond acceptors (Lipinski definition) is 3. The number of aliphatic hydroxyl groups is 2. The number of aliphatic hydroxyl groups excluding tert-OH is 2. The Kier molecular flexibility index (Phi) is 9.81. The lowest BCUT2D eigenvalue weighted by atomic mass is 10.3. The van der Waals surface area contributed by atoms with Crippen LogP contribution in [0.25, 0.3) is 0 Å². The van der Waals surface area contributed by atoms with Gasteiger partial charge in [0.1, 0.15) is 6.73 Å². The molecular formula is C7H13NO3. The van der Waals surface area contributed by atoms with Gasteiger partial charge >= 0.3 is 0 Å². The third-order valence-corrected chi connectivity index (χ3v) is 0.627. The summed E-state index contributed by atoms with van der Waals surface area (Å²) in [5.41, 5.74) is 0.402. The second-order valence-electron chi connectivity index (χ2n) is 1.63. The minimum absolute atomic E-state index is 0.312. The molecule has 3 N–H and O–H groups in total. The van der Waals surface area contributed by atoms with E-state index in [2.05, 4.69) is 18.5 Å². The van der Waals surface area contributed by atoms with E-state index in [1.165, 1.54) is 0 Å². The predicted molar refractivity (Wildman–Crippen MR) is 42.9 cm³/mol. The van der Waals surface area contributed by atoms with Gasteiger partial charge in [-0.25, -0.2) is 0 Å². The maximum absolute atomic E-state index is 10.4. The van der Waals surface area contributed by atoms with E-state index >= 15 is 0 Å². The molecule has 0 bridgehead atoms. The number of carbonyl (C=O) groups excluding carboxylic acids is 1. The Morgan fingerprint density at radius 3 is 2.18 bits per heavy atom. The van der Waals surface area contributed by atoms with E-state index in [9.17, 15) is 4.79 Å². The summed E-state index contributed by atoms with van der Waals surface area (Å²) in [4.78, 5) is 10.4. The fourth-order valence-corrected chi connectivity index (χ4v) is 0.223. The Morgan fingerprint density at radius 1 is 1.73 bits per heavy atom. The van der Waals surface area contributed by atoms with Crippen molar-refractivity contribution in [2.75, 3.05) is 6.73 Å². The summed E-state index contributed by atoms with van der Waals surface area (Å²) in [7, 11) is 0. The molecule has 0 rings (SSSR count). The number of nitrogens with one attached hydrogen (secondary N) is 1. The van der Waals surface area contributed by atoms with Crippen molar-refractivity contribution < 1.29 is 15.0 Å². The number of carbonyl (C=O) groups is 1. The van der Waals surface area contributed by atoms with Crippen LogP contribution in [0.3, 0.4) is 0 Å². The summed E-state index contributed by atoms with van der Waals surface area (Å²) < 4.78 is 0. The third-order valence-electron chi connectivity index (χ3n) is 0.627. The Morgan fingerprint density at radius 2 is 2.09 bits per heavy atom. The van der Waals surface area contributed by atoms with Crippen LogP contribution in [0.1, 0.15) is 6.92 Å². The highest BCUT2D eigenvalue weighted by molar-refractivity contribution is 5.91. The zero-order chi connectivity index (χ0) is 9.28. The lowest BCUT2D eigenvalue weighted by Crippen LogP contribution is -2.24. The number of rotatable bonds is 2. The van der Waals surface area contributed by atoms with E-state index < -0.39 is 0 Å². The third kappa shape index (κ3) is 12.0. The van der Waals surface area contributed by atoms with Crippen LogP contribution < -0.4 is 5.32 Å². The van der Waals surface area contributed by atoms with Gasteiger partial charge in [-0.05, 0) is 6.92 Å². The van der Waals surface area contributed by atoms with Gasteiger partial charge in [-0.3, -0.25) is 4.79 Å². The van der Waals surface area contributed by atoms with Crippen molar-refractivity contribution in [1.82, 2.24) is 5.32 Å². The summed E-state index contributed by atoms with van der Waals surface area (Å²) in [6.07, 6.45) is 0.750. The number of amides is 1. The smallest absolute Gasteiger partial charge is 0.248 e. The molecule has 0 aliphatic rings. The fraction of sp³-hybridized carbons (Fsp3) is 0.286. The summed E-state index contributed by atoms with van der Waals surface area (Å²) in [6, 6.07) is 0. The zero-order valence-electron chi connectivity index (χ0n) is 6.50. The highest BCUT2D eigenvalue weighted by Gasteiger charge is 1.95. The average molecular weight is 159 g/mol. The largest absolute Gasteiger partial charge is 0.516 e. The topological polar surface area (TPSA) is 69.6 Å². The Bertz CT molecular complexity index is 143. The van der Waals surface area contributed by atoms with Crippen molar-refractivity contribution in [3.05, 3.63) is 25.0 Å². The van der Waals surface area contributed by atoms with Gasteiger partial charge in [-0.2, -0.15) is 0 Å². The van der Waals surface area contributed by atoms with E-state index in [4.69, 9.17) is 10.2 Å². The SMILES string of the molecule is C=C(C)C(=O)NCO.C=CO. The molecule has 64 valence electrons. The zero-order valence-corrected chi connectivity index (χ0v) is 6.50. The van der Waals surface area contributed by atoms with Gasteiger partial charge in [0.2, 0.25) is 5.91 Å². The van der Waals surface area contributed by atoms with Crippen molar-refractivity contribution in [3.63, 3.8) is 0 Å². The van der Waals surface area contributed by atoms with Gasteiger partial charge in [-0.1, -0.05) is 13.2 Å². The van der Waals surface area contributed by atoms with E-state index in [0.29, 0.717) is 5.57 Å². The molecule has 11 heavy (non-hydrogen) atoms. The van der Waals surface area contributed by atoms with Gasteiger partial charge in [0.25, 0.3) is 0 Å². The second kappa shape index (κ2) is 8.71. The summed E-state index contributed by atoms with van der Waals surface area (Å²) in [5, 5.41) is 17.6. The molecule has 0 aliphatic carbocycles. The van der Waals surface area contributed by atoms with Crippen LogP contribution in [0.4, 0.5) is 0 Å². The maximum atomic E-state index is 10.4. The molecule has 0 saturated carbocycles. The van der Waals surface area contributed by atoms with E-state index in [1.807, 2.05) is 0 Å². The standard InChI is InChI=1S/C5H9NO2.C2H4O/c1-4(2)5(8)6-3-7;1-2-3/h7H,1,3H2,2H3,(H,6,8);2-3H,1H2. The van der Waals surface area contributed by atoms with Gasteiger partial charge in [0.15, 0.2) is 0 Å². The molecule has 0 aromatic rings. The van der Waals surface area contributed by atoms with E-state index in [-0.39, 0.29) is 12.6 Å². The molecule has 0 spiro atoms. The summed E-state index contributed by atoms with van der Waals surface area (Å²) in [5.74, 6) is -0.312. The van der Waals surface area contributed by atoms with Crippen LogP contribution in [-0.2, 0) is 4.79 Å². The molecular weight excluding hydrogens is 146 g/mol. The van der Waals surface area contributed by atoms with Crippen LogP contribution >= 0.6 is 0 Å². The average Bonchev–Trinajstić information content (AvgIpc) is 1.90. The molecule has 0 aromatic carbocycles. The fourth-order valence-electron chi connectivity index (χ4n) is 0.223. The van der Waals surface area contributed by atoms with Crippen LogP contribution in [0, 0.1) is 0 Å². The van der Waals surface area contributed by atoms with E-state index in [1.54, 1.807) is 6.92 Å². The first kappa shape index (κ1) is 12.4. The van der Waals surface area contributed by atoms with Crippen molar-refractivity contribution in [2.45, 2.75) is 6.92 Å². The van der Waals surface area contributed by atoms with Crippen molar-refractivity contribution in [1.29, 1.82) is 0 Å². The normalized spacial score (nSPS) is 7.09. The van der Waals surface area contributed by atoms with Crippen molar-refractivity contribution in [3.8, 4) is 0 Å². The maximum Gasteiger partial charge on any atom is 0.248 e. The molecule has 4 heteroatoms. The summed E-state index contributed by atoms with van der Waals surface area (Å²) >= 11 is 0. The predicted octanol–water partition coefficient (Wildman–Crippen LogP) is 0.316. The highest BCUT2D eigenvalue weighted by atomic mass is 16.3. The molecule has 0 aliphatic heterocycles. The Balaban J connectivity index is 0. The molecule has 0 unspecified atom stereocenters. The Labute approximate surface area is 65.9 Å². The van der Waals surface area contributed by atoms with Gasteiger partial charge < -0.3 is 15.5 Å². The molecule has 0 fully saturated rings. The van der Waals surface area contributed by atoms with Crippen molar-refractivity contribution in [2.24, 2.45) is 0 Å². The molecule has 0 atom stereocenters. The van der Waals surface area contributed by atoms with Crippen molar-refractivity contribution >= 4 is 5.91 Å². The minimum atomic E-state index is -0.328. The van der Waals surface area contributed by atoms with Crippen LogP contribution in [0.15, 0.2) is 25.0 Å². The molecule has 0 radical (unpaired) electrons. The molecule has 4 nitrogen and oxygen atoms in total. The van der Waals surface area contributed by atoms with Crippen LogP contribution in [0.5, 0.6) is 0 Å². The lowest BCUT2D eigenvalue weighted by Gasteiger charge is -1.96. The first-order valence-electron chi connectivity index (χ1n) is 2.89. The summed E-state index contributed by atoms with van der Waals surface area (Å²) in [6.45, 7) is 7.51. The van der Waals surface area contributed by atoms with Gasteiger partial charge in [0, 0.05) is 5.57 Å². The lowest BCUT2D eigenvalue weighted by molar-refractivity contribution is -0.118. The van der Waals surface area contributed by atoms with Crippen LogP contribution in [-0.4, -0.2) is 22.9 Å². The Hall–Kier alpha value is -1.29. The molecule has 1 amide bonds.